The lowest BCUT2D eigenvalue weighted by Crippen LogP contribution is -2.38. The van der Waals surface area contributed by atoms with Gasteiger partial charge in [-0.15, -0.1) is 0 Å². The summed E-state index contributed by atoms with van der Waals surface area (Å²) < 4.78 is 31.8. The van der Waals surface area contributed by atoms with Gasteiger partial charge in [0.1, 0.15) is 11.5 Å². The molecule has 6 heteroatoms. The molecule has 1 heterocycles. The van der Waals surface area contributed by atoms with Crippen molar-refractivity contribution in [1.82, 2.24) is 4.31 Å². The lowest BCUT2D eigenvalue weighted by Gasteiger charge is -2.25. The first-order valence-corrected chi connectivity index (χ1v) is 8.73. The molecule has 116 valence electrons. The first kappa shape index (κ1) is 16.0. The molecular weight excluding hydrogens is 290 g/mol. The SMILES string of the molecule is CCCCOc1ccc(S(=O)(=O)N2CCC(=O)CC2)cc1. The summed E-state index contributed by atoms with van der Waals surface area (Å²) in [6.07, 6.45) is 2.64. The highest BCUT2D eigenvalue weighted by atomic mass is 32.2. The standard InChI is InChI=1S/C15H21NO4S/c1-2-3-12-20-14-4-6-15(7-5-14)21(18,19)16-10-8-13(17)9-11-16/h4-7H,2-3,8-12H2,1H3. The Labute approximate surface area is 126 Å². The number of carbonyl (C=O) groups excluding carboxylic acids is 1. The van der Waals surface area contributed by atoms with Crippen LogP contribution < -0.4 is 4.74 Å². The Morgan fingerprint density at radius 3 is 2.33 bits per heavy atom. The number of carbonyl (C=O) groups is 1. The Morgan fingerprint density at radius 1 is 1.14 bits per heavy atom. The van der Waals surface area contributed by atoms with Crippen molar-refractivity contribution in [3.05, 3.63) is 24.3 Å². The maximum atomic E-state index is 12.4. The van der Waals surface area contributed by atoms with Gasteiger partial charge in [-0.3, -0.25) is 4.79 Å². The first-order valence-electron chi connectivity index (χ1n) is 7.28. The van der Waals surface area contributed by atoms with Gasteiger partial charge in [-0.25, -0.2) is 8.42 Å². The van der Waals surface area contributed by atoms with Crippen LogP contribution in [-0.2, 0) is 14.8 Å². The van der Waals surface area contributed by atoms with Crippen LogP contribution in [-0.4, -0.2) is 38.2 Å². The summed E-state index contributed by atoms with van der Waals surface area (Å²) >= 11 is 0. The topological polar surface area (TPSA) is 63.7 Å². The summed E-state index contributed by atoms with van der Waals surface area (Å²) in [6.45, 7) is 3.27. The number of unbranched alkanes of at least 4 members (excludes halogenated alkanes) is 1. The van der Waals surface area contributed by atoms with Crippen LogP contribution in [0.15, 0.2) is 29.2 Å². The molecular formula is C15H21NO4S. The van der Waals surface area contributed by atoms with Gasteiger partial charge in [0, 0.05) is 25.9 Å². The summed E-state index contributed by atoms with van der Waals surface area (Å²) in [5.74, 6) is 0.803. The lowest BCUT2D eigenvalue weighted by molar-refractivity contribution is -0.120. The summed E-state index contributed by atoms with van der Waals surface area (Å²) in [4.78, 5) is 11.5. The molecule has 0 radical (unpaired) electrons. The van der Waals surface area contributed by atoms with Crippen molar-refractivity contribution in [3.63, 3.8) is 0 Å². The van der Waals surface area contributed by atoms with Gasteiger partial charge in [0.25, 0.3) is 0 Å². The number of hydrogen-bond donors (Lipinski definition) is 0. The summed E-state index contributed by atoms with van der Waals surface area (Å²) in [6, 6.07) is 6.48. The van der Waals surface area contributed by atoms with E-state index in [1.165, 1.54) is 4.31 Å². The zero-order chi connectivity index (χ0) is 15.3. The van der Waals surface area contributed by atoms with Crippen LogP contribution in [0.1, 0.15) is 32.6 Å². The quantitative estimate of drug-likeness (QED) is 0.756. The van der Waals surface area contributed by atoms with E-state index in [9.17, 15) is 13.2 Å². The smallest absolute Gasteiger partial charge is 0.243 e. The average Bonchev–Trinajstić information content (AvgIpc) is 2.48. The van der Waals surface area contributed by atoms with Crippen molar-refractivity contribution >= 4 is 15.8 Å². The van der Waals surface area contributed by atoms with Crippen LogP contribution in [0.4, 0.5) is 0 Å². The number of ether oxygens (including phenoxy) is 1. The van der Waals surface area contributed by atoms with E-state index in [1.807, 2.05) is 0 Å². The molecule has 1 fully saturated rings. The Morgan fingerprint density at radius 2 is 1.76 bits per heavy atom. The zero-order valence-corrected chi connectivity index (χ0v) is 13.1. The van der Waals surface area contributed by atoms with Gasteiger partial charge >= 0.3 is 0 Å². The van der Waals surface area contributed by atoms with Crippen molar-refractivity contribution in [1.29, 1.82) is 0 Å². The Balaban J connectivity index is 2.04. The molecule has 0 N–H and O–H groups in total. The predicted octanol–water partition coefficient (Wildman–Crippen LogP) is 2.22. The number of benzene rings is 1. The second-order valence-corrected chi connectivity index (χ2v) is 7.05. The molecule has 0 amide bonds. The molecule has 0 atom stereocenters. The minimum absolute atomic E-state index is 0.126. The number of sulfonamides is 1. The van der Waals surface area contributed by atoms with Gasteiger partial charge in [0.05, 0.1) is 11.5 Å². The minimum atomic E-state index is -3.50. The number of nitrogens with zero attached hydrogens (tertiary/aromatic N) is 1. The molecule has 2 rings (SSSR count). The van der Waals surface area contributed by atoms with Gasteiger partial charge in [0.2, 0.25) is 10.0 Å². The Hall–Kier alpha value is -1.40. The van der Waals surface area contributed by atoms with Gasteiger partial charge in [-0.1, -0.05) is 13.3 Å². The van der Waals surface area contributed by atoms with Crippen molar-refractivity contribution in [2.75, 3.05) is 19.7 Å². The van der Waals surface area contributed by atoms with E-state index < -0.39 is 10.0 Å². The van der Waals surface area contributed by atoms with Crippen molar-refractivity contribution in [2.24, 2.45) is 0 Å². The number of Topliss-reactive ketones (excluding diaryl/α,β-unsaturated/α-hetero) is 1. The average molecular weight is 311 g/mol. The molecule has 1 aromatic carbocycles. The van der Waals surface area contributed by atoms with Gasteiger partial charge in [-0.05, 0) is 30.7 Å². The molecule has 5 nitrogen and oxygen atoms in total. The lowest BCUT2D eigenvalue weighted by atomic mass is 10.1. The summed E-state index contributed by atoms with van der Waals surface area (Å²) in [5, 5.41) is 0. The minimum Gasteiger partial charge on any atom is -0.494 e. The highest BCUT2D eigenvalue weighted by molar-refractivity contribution is 7.89. The molecule has 21 heavy (non-hydrogen) atoms. The van der Waals surface area contributed by atoms with Crippen LogP contribution in [0.2, 0.25) is 0 Å². The zero-order valence-electron chi connectivity index (χ0n) is 12.2. The van der Waals surface area contributed by atoms with Crippen LogP contribution in [0.25, 0.3) is 0 Å². The van der Waals surface area contributed by atoms with E-state index in [-0.39, 0.29) is 23.8 Å². The van der Waals surface area contributed by atoms with Gasteiger partial charge in [0.15, 0.2) is 0 Å². The maximum Gasteiger partial charge on any atom is 0.243 e. The van der Waals surface area contributed by atoms with Crippen LogP contribution >= 0.6 is 0 Å². The fraction of sp³-hybridized carbons (Fsp3) is 0.533. The number of ketones is 1. The van der Waals surface area contributed by atoms with E-state index >= 15 is 0 Å². The molecule has 1 aliphatic heterocycles. The largest absolute Gasteiger partial charge is 0.494 e. The van der Waals surface area contributed by atoms with Crippen molar-refractivity contribution in [2.45, 2.75) is 37.5 Å². The van der Waals surface area contributed by atoms with Crippen molar-refractivity contribution < 1.29 is 17.9 Å². The van der Waals surface area contributed by atoms with E-state index in [0.717, 1.165) is 12.8 Å². The normalized spacial score (nSPS) is 16.9. The first-order chi connectivity index (χ1) is 10.0. The Bertz CT molecular complexity index is 570. The molecule has 0 bridgehead atoms. The highest BCUT2D eigenvalue weighted by Gasteiger charge is 2.28. The van der Waals surface area contributed by atoms with E-state index in [1.54, 1.807) is 24.3 Å². The van der Waals surface area contributed by atoms with Crippen molar-refractivity contribution in [3.8, 4) is 5.75 Å². The predicted molar refractivity (Wildman–Crippen MR) is 79.8 cm³/mol. The molecule has 0 unspecified atom stereocenters. The molecule has 0 spiro atoms. The summed E-state index contributed by atoms with van der Waals surface area (Å²) in [7, 11) is -3.50. The van der Waals surface area contributed by atoms with Crippen LogP contribution in [0, 0.1) is 0 Å². The van der Waals surface area contributed by atoms with Gasteiger partial charge < -0.3 is 4.74 Å². The second kappa shape index (κ2) is 7.04. The Kier molecular flexibility index (Phi) is 5.36. The fourth-order valence-electron chi connectivity index (χ4n) is 2.17. The number of hydrogen-bond acceptors (Lipinski definition) is 4. The van der Waals surface area contributed by atoms with E-state index in [4.69, 9.17) is 4.74 Å². The third-order valence-electron chi connectivity index (χ3n) is 3.51. The second-order valence-electron chi connectivity index (χ2n) is 5.12. The van der Waals surface area contributed by atoms with Crippen LogP contribution in [0.3, 0.4) is 0 Å². The molecule has 0 aromatic heterocycles. The van der Waals surface area contributed by atoms with Crippen LogP contribution in [0.5, 0.6) is 5.75 Å². The third kappa shape index (κ3) is 4.04. The molecule has 1 aliphatic rings. The monoisotopic (exact) mass is 311 g/mol. The van der Waals surface area contributed by atoms with E-state index in [0.29, 0.717) is 25.2 Å². The molecule has 0 aliphatic carbocycles. The fourth-order valence-corrected chi connectivity index (χ4v) is 3.61. The maximum absolute atomic E-state index is 12.4. The molecule has 1 saturated heterocycles. The number of piperidine rings is 1. The third-order valence-corrected chi connectivity index (χ3v) is 5.42. The summed E-state index contributed by atoms with van der Waals surface area (Å²) in [5.41, 5.74) is 0. The number of rotatable bonds is 6. The molecule has 0 saturated carbocycles. The molecule has 1 aromatic rings. The highest BCUT2D eigenvalue weighted by Crippen LogP contribution is 2.22. The van der Waals surface area contributed by atoms with Gasteiger partial charge in [-0.2, -0.15) is 4.31 Å². The van der Waals surface area contributed by atoms with E-state index in [2.05, 4.69) is 6.92 Å².